The van der Waals surface area contributed by atoms with Crippen molar-refractivity contribution in [3.63, 3.8) is 0 Å². The van der Waals surface area contributed by atoms with Crippen LogP contribution in [0.3, 0.4) is 0 Å². The van der Waals surface area contributed by atoms with Gasteiger partial charge in [-0.1, -0.05) is 33.8 Å². The average Bonchev–Trinajstić information content (AvgIpc) is 2.63. The molecule has 0 spiro atoms. The van der Waals surface area contributed by atoms with Crippen molar-refractivity contribution < 1.29 is 29.3 Å². The molecule has 1 aromatic carbocycles. The van der Waals surface area contributed by atoms with Gasteiger partial charge in [0.05, 0.1) is 14.2 Å². The van der Waals surface area contributed by atoms with E-state index in [1.807, 2.05) is 27.7 Å². The standard InChI is InChI=1S/C25H32O6/c1-24(2)10-15(26)22(16(27)11-24)21(14-7-8-19(30-5)20(9-14)31-6)23-17(28)12-25(3,4)13-18(23)29/h7-9,21,26,28H,10-13H2,1-6H3. The fourth-order valence-electron chi connectivity index (χ4n) is 4.77. The Bertz CT molecular complexity index is 928. The molecule has 31 heavy (non-hydrogen) atoms. The molecule has 0 radical (unpaired) electrons. The van der Waals surface area contributed by atoms with Gasteiger partial charge in [-0.15, -0.1) is 0 Å². The number of aliphatic hydroxyl groups excluding tert-OH is 2. The third-order valence-electron chi connectivity index (χ3n) is 6.11. The van der Waals surface area contributed by atoms with Gasteiger partial charge in [0.2, 0.25) is 0 Å². The molecule has 168 valence electrons. The van der Waals surface area contributed by atoms with Crippen LogP contribution >= 0.6 is 0 Å². The van der Waals surface area contributed by atoms with Crippen molar-refractivity contribution in [2.75, 3.05) is 14.2 Å². The zero-order valence-corrected chi connectivity index (χ0v) is 19.2. The molecule has 2 N–H and O–H groups in total. The van der Waals surface area contributed by atoms with Crippen molar-refractivity contribution in [1.29, 1.82) is 0 Å². The van der Waals surface area contributed by atoms with Gasteiger partial charge < -0.3 is 19.7 Å². The van der Waals surface area contributed by atoms with Crippen molar-refractivity contribution in [3.05, 3.63) is 46.4 Å². The molecule has 0 aromatic heterocycles. The Balaban J connectivity index is 2.26. The number of methoxy groups -OCH3 is 2. The first kappa shape index (κ1) is 22.9. The largest absolute Gasteiger partial charge is 0.512 e. The highest BCUT2D eigenvalue weighted by Crippen LogP contribution is 2.48. The summed E-state index contributed by atoms with van der Waals surface area (Å²) in [5.74, 6) is -0.408. The van der Waals surface area contributed by atoms with Gasteiger partial charge in [-0.25, -0.2) is 0 Å². The van der Waals surface area contributed by atoms with Crippen LogP contribution in [0.15, 0.2) is 40.9 Å². The van der Waals surface area contributed by atoms with Crippen LogP contribution < -0.4 is 9.47 Å². The van der Waals surface area contributed by atoms with Gasteiger partial charge in [0.15, 0.2) is 23.1 Å². The molecule has 0 amide bonds. The Morgan fingerprint density at radius 3 is 1.61 bits per heavy atom. The van der Waals surface area contributed by atoms with Crippen molar-refractivity contribution in [2.45, 2.75) is 59.3 Å². The second kappa shape index (κ2) is 8.06. The van der Waals surface area contributed by atoms with Crippen LogP contribution in [0.4, 0.5) is 0 Å². The lowest BCUT2D eigenvalue weighted by Crippen LogP contribution is -2.33. The summed E-state index contributed by atoms with van der Waals surface area (Å²) >= 11 is 0. The van der Waals surface area contributed by atoms with E-state index in [-0.39, 0.29) is 57.9 Å². The van der Waals surface area contributed by atoms with E-state index in [0.717, 1.165) is 0 Å². The van der Waals surface area contributed by atoms with Gasteiger partial charge in [-0.3, -0.25) is 9.59 Å². The van der Waals surface area contributed by atoms with Crippen molar-refractivity contribution in [2.24, 2.45) is 10.8 Å². The van der Waals surface area contributed by atoms with Gasteiger partial charge in [-0.05, 0) is 28.5 Å². The molecule has 2 aliphatic carbocycles. The zero-order valence-electron chi connectivity index (χ0n) is 19.2. The Morgan fingerprint density at radius 1 is 0.774 bits per heavy atom. The number of carbonyl (C=O) groups excluding carboxylic acids is 2. The second-order valence-electron chi connectivity index (χ2n) is 10.2. The maximum Gasteiger partial charge on any atom is 0.163 e. The van der Waals surface area contributed by atoms with Gasteiger partial charge in [-0.2, -0.15) is 0 Å². The Morgan fingerprint density at radius 2 is 1.23 bits per heavy atom. The highest BCUT2D eigenvalue weighted by molar-refractivity contribution is 6.05. The van der Waals surface area contributed by atoms with Crippen molar-refractivity contribution in [1.82, 2.24) is 0 Å². The topological polar surface area (TPSA) is 93.1 Å². The molecule has 0 heterocycles. The lowest BCUT2D eigenvalue weighted by atomic mass is 9.67. The minimum atomic E-state index is -0.869. The fraction of sp³-hybridized carbons (Fsp3) is 0.520. The summed E-state index contributed by atoms with van der Waals surface area (Å²) < 4.78 is 10.7. The number of benzene rings is 1. The van der Waals surface area contributed by atoms with Crippen LogP contribution in [-0.2, 0) is 9.59 Å². The molecule has 0 aliphatic heterocycles. The lowest BCUT2D eigenvalue weighted by Gasteiger charge is -2.36. The predicted molar refractivity (Wildman–Crippen MR) is 118 cm³/mol. The molecule has 0 saturated heterocycles. The number of hydrogen-bond donors (Lipinski definition) is 2. The first-order chi connectivity index (χ1) is 14.4. The number of hydrogen-bond acceptors (Lipinski definition) is 6. The summed E-state index contributed by atoms with van der Waals surface area (Å²) in [7, 11) is 3.03. The third kappa shape index (κ3) is 4.48. The number of ketones is 2. The van der Waals surface area contributed by atoms with E-state index in [2.05, 4.69) is 0 Å². The van der Waals surface area contributed by atoms with E-state index in [4.69, 9.17) is 9.47 Å². The molecule has 0 bridgehead atoms. The number of carbonyl (C=O) groups is 2. The molecule has 0 unspecified atom stereocenters. The Labute approximate surface area is 183 Å². The summed E-state index contributed by atoms with van der Waals surface area (Å²) in [5.41, 5.74) is 0.202. The minimum Gasteiger partial charge on any atom is -0.512 e. The molecule has 2 aliphatic rings. The molecule has 0 atom stereocenters. The number of Topliss-reactive ketones (excluding diaryl/α,β-unsaturated/α-hetero) is 2. The molecule has 6 heteroatoms. The summed E-state index contributed by atoms with van der Waals surface area (Å²) in [6.07, 6.45) is 1.16. The maximum atomic E-state index is 13.2. The number of allylic oxidation sites excluding steroid dienone is 4. The second-order valence-corrected chi connectivity index (χ2v) is 10.2. The van der Waals surface area contributed by atoms with Crippen molar-refractivity contribution >= 4 is 11.6 Å². The summed E-state index contributed by atoms with van der Waals surface area (Å²) in [4.78, 5) is 26.4. The lowest BCUT2D eigenvalue weighted by molar-refractivity contribution is -0.119. The monoisotopic (exact) mass is 428 g/mol. The fourth-order valence-corrected chi connectivity index (χ4v) is 4.77. The minimum absolute atomic E-state index is 0.0287. The number of rotatable bonds is 5. The van der Waals surface area contributed by atoms with E-state index in [1.165, 1.54) is 14.2 Å². The first-order valence-electron chi connectivity index (χ1n) is 10.5. The molecule has 0 fully saturated rings. The van der Waals surface area contributed by atoms with E-state index < -0.39 is 5.92 Å². The van der Waals surface area contributed by atoms with Crippen LogP contribution in [0.2, 0.25) is 0 Å². The van der Waals surface area contributed by atoms with Crippen LogP contribution in [-0.4, -0.2) is 36.0 Å². The smallest absolute Gasteiger partial charge is 0.163 e. The van der Waals surface area contributed by atoms with E-state index in [1.54, 1.807) is 18.2 Å². The average molecular weight is 429 g/mol. The SMILES string of the molecule is COc1ccc(C(C2=C(O)CC(C)(C)CC2=O)C2=C(O)CC(C)(C)CC2=O)cc1OC. The maximum absolute atomic E-state index is 13.2. The summed E-state index contributed by atoms with van der Waals surface area (Å²) in [6.45, 7) is 7.70. The molecular weight excluding hydrogens is 396 g/mol. The Hall–Kier alpha value is -2.76. The highest BCUT2D eigenvalue weighted by atomic mass is 16.5. The first-order valence-corrected chi connectivity index (χ1v) is 10.5. The van der Waals surface area contributed by atoms with Gasteiger partial charge in [0.1, 0.15) is 11.5 Å². The zero-order chi connectivity index (χ0) is 23.1. The van der Waals surface area contributed by atoms with E-state index >= 15 is 0 Å². The van der Waals surface area contributed by atoms with Crippen LogP contribution in [0.25, 0.3) is 0 Å². The molecule has 3 rings (SSSR count). The summed E-state index contributed by atoms with van der Waals surface area (Å²) in [6, 6.07) is 5.14. The van der Waals surface area contributed by atoms with Crippen LogP contribution in [0.1, 0.15) is 64.9 Å². The number of aliphatic hydroxyl groups is 2. The van der Waals surface area contributed by atoms with Gasteiger partial charge in [0, 0.05) is 42.7 Å². The van der Waals surface area contributed by atoms with Gasteiger partial charge in [0.25, 0.3) is 0 Å². The highest BCUT2D eigenvalue weighted by Gasteiger charge is 2.43. The Kier molecular flexibility index (Phi) is 5.96. The third-order valence-corrected chi connectivity index (χ3v) is 6.11. The molecular formula is C25H32O6. The predicted octanol–water partition coefficient (Wildman–Crippen LogP) is 5.19. The van der Waals surface area contributed by atoms with E-state index in [9.17, 15) is 19.8 Å². The van der Waals surface area contributed by atoms with Crippen LogP contribution in [0, 0.1) is 10.8 Å². The van der Waals surface area contributed by atoms with Gasteiger partial charge >= 0.3 is 0 Å². The quantitative estimate of drug-likeness (QED) is 0.670. The van der Waals surface area contributed by atoms with E-state index in [0.29, 0.717) is 29.9 Å². The van der Waals surface area contributed by atoms with Crippen molar-refractivity contribution in [3.8, 4) is 11.5 Å². The summed E-state index contributed by atoms with van der Waals surface area (Å²) in [5, 5.41) is 21.9. The molecule has 1 aromatic rings. The molecule has 6 nitrogen and oxygen atoms in total. The van der Waals surface area contributed by atoms with Crippen LogP contribution in [0.5, 0.6) is 11.5 Å². The normalized spacial score (nSPS) is 21.0. The number of ether oxygens (including phenoxy) is 2. The molecule has 0 saturated carbocycles.